The van der Waals surface area contributed by atoms with E-state index in [1.165, 1.54) is 10.4 Å². The number of benzene rings is 2. The van der Waals surface area contributed by atoms with Crippen molar-refractivity contribution in [3.63, 3.8) is 0 Å². The summed E-state index contributed by atoms with van der Waals surface area (Å²) >= 11 is 0. The van der Waals surface area contributed by atoms with Crippen LogP contribution in [0.4, 0.5) is 0 Å². The van der Waals surface area contributed by atoms with E-state index in [-0.39, 0.29) is 6.54 Å². The van der Waals surface area contributed by atoms with Crippen LogP contribution in [0.5, 0.6) is 0 Å². The summed E-state index contributed by atoms with van der Waals surface area (Å²) in [6.07, 6.45) is 2.08. The van der Waals surface area contributed by atoms with Gasteiger partial charge in [0.2, 0.25) is 15.9 Å². The Balaban J connectivity index is 1.95. The Morgan fingerprint density at radius 3 is 2.46 bits per heavy atom. The molecule has 0 saturated heterocycles. The molecule has 2 aromatic carbocycles. The predicted octanol–water partition coefficient (Wildman–Crippen LogP) is 2.07. The number of nitrogens with zero attached hydrogens (tertiary/aromatic N) is 1. The van der Waals surface area contributed by atoms with E-state index in [4.69, 9.17) is 5.73 Å². The maximum Gasteiger partial charge on any atom is 0.240 e. The zero-order valence-corrected chi connectivity index (χ0v) is 13.8. The highest BCUT2D eigenvalue weighted by Crippen LogP contribution is 2.32. The highest BCUT2D eigenvalue weighted by atomic mass is 32.2. The molecule has 0 fully saturated rings. The van der Waals surface area contributed by atoms with E-state index in [9.17, 15) is 13.2 Å². The summed E-state index contributed by atoms with van der Waals surface area (Å²) < 4.78 is 26.6. The van der Waals surface area contributed by atoms with Crippen molar-refractivity contribution < 1.29 is 13.2 Å². The van der Waals surface area contributed by atoms with Gasteiger partial charge >= 0.3 is 0 Å². The van der Waals surface area contributed by atoms with Crippen LogP contribution in [0.25, 0.3) is 6.08 Å². The van der Waals surface area contributed by atoms with Crippen molar-refractivity contribution >= 4 is 22.0 Å². The fraction of sp³-hybridized carbons (Fsp3) is 0.167. The third-order valence-electron chi connectivity index (χ3n) is 4.07. The second-order valence-electron chi connectivity index (χ2n) is 5.62. The van der Waals surface area contributed by atoms with Gasteiger partial charge < -0.3 is 5.73 Å². The van der Waals surface area contributed by atoms with E-state index in [1.807, 2.05) is 42.5 Å². The Labute approximate surface area is 141 Å². The summed E-state index contributed by atoms with van der Waals surface area (Å²) in [5.41, 5.74) is 7.90. The van der Waals surface area contributed by atoms with Crippen molar-refractivity contribution in [2.24, 2.45) is 5.73 Å². The average Bonchev–Trinajstić information content (AvgIpc) is 2.59. The number of carbonyl (C=O) groups excluding carboxylic acids is 1. The third kappa shape index (κ3) is 3.25. The number of nitrogens with two attached hydrogens (primary N) is 1. The van der Waals surface area contributed by atoms with E-state index < -0.39 is 22.0 Å². The third-order valence-corrected chi connectivity index (χ3v) is 5.59. The molecule has 24 heavy (non-hydrogen) atoms. The van der Waals surface area contributed by atoms with Gasteiger partial charge in [0.15, 0.2) is 0 Å². The summed E-state index contributed by atoms with van der Waals surface area (Å²) in [5, 5.41) is 1.13. The van der Waals surface area contributed by atoms with Crippen molar-refractivity contribution in [3.05, 3.63) is 76.7 Å². The van der Waals surface area contributed by atoms with Crippen LogP contribution in [0, 0.1) is 0 Å². The molecule has 1 aliphatic rings. The van der Waals surface area contributed by atoms with Crippen LogP contribution in [-0.2, 0) is 21.2 Å². The monoisotopic (exact) mass is 342 g/mol. The van der Waals surface area contributed by atoms with Crippen LogP contribution in [0.3, 0.4) is 0 Å². The standard InChI is InChI=1S/C18H18N2O3S/c19-18(21)17-16-9-5-4-8-15(16)10-12-20(17)24(22,23)13-11-14-6-2-1-3-7-14/h1-9,11,13,17H,10,12H2,(H2,19,21)/b13-11+/t17-/m0/s1. The fourth-order valence-corrected chi connectivity index (χ4v) is 4.26. The molecule has 0 radical (unpaired) electrons. The minimum absolute atomic E-state index is 0.228. The molecule has 1 aliphatic heterocycles. The molecule has 2 aromatic rings. The number of fused-ring (bicyclic) bond motifs is 1. The Morgan fingerprint density at radius 1 is 1.08 bits per heavy atom. The molecule has 0 unspecified atom stereocenters. The van der Waals surface area contributed by atoms with Crippen LogP contribution in [0.2, 0.25) is 0 Å². The molecule has 0 aromatic heterocycles. The van der Waals surface area contributed by atoms with Gasteiger partial charge in [-0.2, -0.15) is 4.31 Å². The highest BCUT2D eigenvalue weighted by Gasteiger charge is 2.37. The van der Waals surface area contributed by atoms with Gasteiger partial charge in [0.25, 0.3) is 0 Å². The SMILES string of the molecule is NC(=O)[C@@H]1c2ccccc2CCN1S(=O)(=O)/C=C/c1ccccc1. The molecule has 0 spiro atoms. The minimum atomic E-state index is -3.77. The molecular formula is C18H18N2O3S. The maximum absolute atomic E-state index is 12.7. The summed E-state index contributed by atoms with van der Waals surface area (Å²) in [6.45, 7) is 0.228. The van der Waals surface area contributed by atoms with E-state index >= 15 is 0 Å². The molecule has 0 bridgehead atoms. The molecule has 6 heteroatoms. The number of sulfonamides is 1. The van der Waals surface area contributed by atoms with E-state index in [2.05, 4.69) is 0 Å². The lowest BCUT2D eigenvalue weighted by Gasteiger charge is -2.33. The van der Waals surface area contributed by atoms with Gasteiger partial charge in [-0.15, -0.1) is 0 Å². The molecule has 124 valence electrons. The first-order chi connectivity index (χ1) is 11.5. The van der Waals surface area contributed by atoms with Gasteiger partial charge in [-0.05, 0) is 29.2 Å². The number of hydrogen-bond donors (Lipinski definition) is 1. The highest BCUT2D eigenvalue weighted by molar-refractivity contribution is 7.92. The Hall–Kier alpha value is -2.44. The number of rotatable bonds is 4. The minimum Gasteiger partial charge on any atom is -0.368 e. The molecule has 3 rings (SSSR count). The molecule has 0 aliphatic carbocycles. The zero-order valence-electron chi connectivity index (χ0n) is 13.0. The number of amides is 1. The average molecular weight is 342 g/mol. The van der Waals surface area contributed by atoms with Crippen molar-refractivity contribution in [1.29, 1.82) is 0 Å². The van der Waals surface area contributed by atoms with E-state index in [1.54, 1.807) is 12.1 Å². The number of primary amides is 1. The van der Waals surface area contributed by atoms with Crippen LogP contribution in [-0.4, -0.2) is 25.2 Å². The van der Waals surface area contributed by atoms with Crippen LogP contribution in [0.1, 0.15) is 22.7 Å². The van der Waals surface area contributed by atoms with Crippen LogP contribution < -0.4 is 5.73 Å². The molecule has 5 nitrogen and oxygen atoms in total. The smallest absolute Gasteiger partial charge is 0.240 e. The maximum atomic E-state index is 12.7. The fourth-order valence-electron chi connectivity index (χ4n) is 2.92. The summed E-state index contributed by atoms with van der Waals surface area (Å²) in [6, 6.07) is 15.5. The van der Waals surface area contributed by atoms with Gasteiger partial charge in [0.1, 0.15) is 6.04 Å². The van der Waals surface area contributed by atoms with E-state index in [0.717, 1.165) is 16.5 Å². The Kier molecular flexibility index (Phi) is 4.51. The molecule has 1 amide bonds. The second kappa shape index (κ2) is 6.59. The topological polar surface area (TPSA) is 80.5 Å². The van der Waals surface area contributed by atoms with Gasteiger partial charge in [0, 0.05) is 12.0 Å². The lowest BCUT2D eigenvalue weighted by atomic mass is 9.94. The van der Waals surface area contributed by atoms with Crippen molar-refractivity contribution in [1.82, 2.24) is 4.31 Å². The van der Waals surface area contributed by atoms with Crippen molar-refractivity contribution in [2.75, 3.05) is 6.54 Å². The number of hydrogen-bond acceptors (Lipinski definition) is 3. The summed E-state index contributed by atoms with van der Waals surface area (Å²) in [5.74, 6) is -0.668. The summed E-state index contributed by atoms with van der Waals surface area (Å²) in [7, 11) is -3.77. The number of carbonyl (C=O) groups is 1. The zero-order chi connectivity index (χ0) is 17.2. The van der Waals surface area contributed by atoms with Crippen molar-refractivity contribution in [2.45, 2.75) is 12.5 Å². The van der Waals surface area contributed by atoms with Gasteiger partial charge in [-0.3, -0.25) is 4.79 Å². The first kappa shape index (κ1) is 16.4. The quantitative estimate of drug-likeness (QED) is 0.923. The van der Waals surface area contributed by atoms with Gasteiger partial charge in [0.05, 0.1) is 0 Å². The largest absolute Gasteiger partial charge is 0.368 e. The predicted molar refractivity (Wildman–Crippen MR) is 93.2 cm³/mol. The second-order valence-corrected chi connectivity index (χ2v) is 7.39. The van der Waals surface area contributed by atoms with Gasteiger partial charge in [-0.25, -0.2) is 8.42 Å². The van der Waals surface area contributed by atoms with Crippen LogP contribution >= 0.6 is 0 Å². The van der Waals surface area contributed by atoms with Crippen molar-refractivity contribution in [3.8, 4) is 0 Å². The van der Waals surface area contributed by atoms with Crippen LogP contribution in [0.15, 0.2) is 60.0 Å². The molecule has 0 saturated carbocycles. The molecule has 1 atom stereocenters. The Bertz CT molecular complexity index is 876. The molecule has 2 N–H and O–H groups in total. The lowest BCUT2D eigenvalue weighted by Crippen LogP contribution is -2.44. The van der Waals surface area contributed by atoms with E-state index in [0.29, 0.717) is 12.0 Å². The summed E-state index contributed by atoms with van der Waals surface area (Å²) in [4.78, 5) is 11.9. The molecular weight excluding hydrogens is 324 g/mol. The lowest BCUT2D eigenvalue weighted by molar-refractivity contribution is -0.122. The van der Waals surface area contributed by atoms with Gasteiger partial charge in [-0.1, -0.05) is 54.6 Å². The normalized spacial score (nSPS) is 18.4. The Morgan fingerprint density at radius 2 is 1.75 bits per heavy atom. The first-order valence-electron chi connectivity index (χ1n) is 7.61. The molecule has 1 heterocycles. The first-order valence-corrected chi connectivity index (χ1v) is 9.11.